The van der Waals surface area contributed by atoms with E-state index >= 15 is 0 Å². The van der Waals surface area contributed by atoms with Gasteiger partial charge in [-0.25, -0.2) is 13.1 Å². The number of aromatic nitrogens is 1. The Labute approximate surface area is 187 Å². The van der Waals surface area contributed by atoms with Gasteiger partial charge in [-0.15, -0.1) is 0 Å². The van der Waals surface area contributed by atoms with E-state index in [1.807, 2.05) is 0 Å². The first-order valence-electron chi connectivity index (χ1n) is 9.51. The number of carbonyl (C=O) groups excluding carboxylic acids is 1. The van der Waals surface area contributed by atoms with Crippen molar-refractivity contribution in [3.8, 4) is 17.0 Å². The Bertz CT molecular complexity index is 1210. The van der Waals surface area contributed by atoms with Crippen LogP contribution in [0.1, 0.15) is 17.7 Å². The van der Waals surface area contributed by atoms with Gasteiger partial charge in [0.05, 0.1) is 24.0 Å². The van der Waals surface area contributed by atoms with Crippen molar-refractivity contribution in [2.75, 3.05) is 13.7 Å². The van der Waals surface area contributed by atoms with Gasteiger partial charge in [0.15, 0.2) is 12.4 Å². The van der Waals surface area contributed by atoms with Crippen molar-refractivity contribution in [1.82, 2.24) is 9.88 Å². The smallest absolute Gasteiger partial charge is 0.416 e. The molecule has 2 aromatic carbocycles. The second-order valence-corrected chi connectivity index (χ2v) is 8.51. The molecule has 8 nitrogen and oxygen atoms in total. The molecule has 176 valence electrons. The van der Waals surface area contributed by atoms with Crippen LogP contribution in [0.25, 0.3) is 11.3 Å². The monoisotopic (exact) mass is 484 g/mol. The standard InChI is InChI=1S/C21H19F3N2O6S/c1-30-16-7-5-14(6-8-16)19-12-17(32-26-19)13-31-20(27)9-10-25-33(28,29)18-4-2-3-15(11-18)21(22,23)24/h2-8,11-12,25H,9-10,13H2,1H3. The molecule has 0 saturated carbocycles. The Balaban J connectivity index is 1.48. The van der Waals surface area contributed by atoms with Crippen molar-refractivity contribution in [1.29, 1.82) is 0 Å². The number of nitrogens with zero attached hydrogens (tertiary/aromatic N) is 1. The normalized spacial score (nSPS) is 11.9. The van der Waals surface area contributed by atoms with E-state index in [-0.39, 0.29) is 25.3 Å². The summed E-state index contributed by atoms with van der Waals surface area (Å²) >= 11 is 0. The first-order valence-corrected chi connectivity index (χ1v) is 11.0. The van der Waals surface area contributed by atoms with Crippen molar-refractivity contribution in [2.24, 2.45) is 0 Å². The van der Waals surface area contributed by atoms with Crippen LogP contribution in [0.2, 0.25) is 0 Å². The maximum Gasteiger partial charge on any atom is 0.416 e. The van der Waals surface area contributed by atoms with Gasteiger partial charge < -0.3 is 14.0 Å². The molecule has 0 spiro atoms. The van der Waals surface area contributed by atoms with Crippen molar-refractivity contribution in [3.63, 3.8) is 0 Å². The maximum atomic E-state index is 12.8. The highest BCUT2D eigenvalue weighted by Crippen LogP contribution is 2.30. The molecule has 0 unspecified atom stereocenters. The first-order chi connectivity index (χ1) is 15.6. The van der Waals surface area contributed by atoms with E-state index in [9.17, 15) is 26.4 Å². The van der Waals surface area contributed by atoms with Gasteiger partial charge in [-0.05, 0) is 42.5 Å². The zero-order valence-electron chi connectivity index (χ0n) is 17.3. The third-order valence-electron chi connectivity index (χ3n) is 4.41. The molecule has 0 amide bonds. The molecule has 3 rings (SSSR count). The van der Waals surface area contributed by atoms with Crippen LogP contribution < -0.4 is 9.46 Å². The third kappa shape index (κ3) is 6.56. The van der Waals surface area contributed by atoms with Crippen LogP contribution in [-0.2, 0) is 32.3 Å². The molecule has 0 fully saturated rings. The van der Waals surface area contributed by atoms with Crippen molar-refractivity contribution >= 4 is 16.0 Å². The SMILES string of the molecule is COc1ccc(-c2cc(COC(=O)CCNS(=O)(=O)c3cccc(C(F)(F)F)c3)on2)cc1. The molecule has 1 heterocycles. The van der Waals surface area contributed by atoms with Crippen LogP contribution in [0.5, 0.6) is 5.75 Å². The van der Waals surface area contributed by atoms with E-state index < -0.39 is 32.6 Å². The van der Waals surface area contributed by atoms with E-state index in [4.69, 9.17) is 14.0 Å². The molecule has 1 N–H and O–H groups in total. The van der Waals surface area contributed by atoms with Crippen LogP contribution in [-0.4, -0.2) is 33.2 Å². The van der Waals surface area contributed by atoms with Crippen molar-refractivity contribution in [2.45, 2.75) is 24.1 Å². The van der Waals surface area contributed by atoms with E-state index in [0.29, 0.717) is 17.5 Å². The van der Waals surface area contributed by atoms with Crippen LogP contribution in [0.4, 0.5) is 13.2 Å². The van der Waals surface area contributed by atoms with Gasteiger partial charge in [-0.1, -0.05) is 11.2 Å². The predicted molar refractivity (Wildman–Crippen MR) is 110 cm³/mol. The Morgan fingerprint density at radius 2 is 1.85 bits per heavy atom. The quantitative estimate of drug-likeness (QED) is 0.461. The van der Waals surface area contributed by atoms with E-state index in [0.717, 1.165) is 23.8 Å². The summed E-state index contributed by atoms with van der Waals surface area (Å²) in [7, 11) is -2.68. The summed E-state index contributed by atoms with van der Waals surface area (Å²) in [4.78, 5) is 11.3. The largest absolute Gasteiger partial charge is 0.497 e. The number of nitrogens with one attached hydrogen (secondary N) is 1. The number of hydrogen-bond acceptors (Lipinski definition) is 7. The van der Waals surface area contributed by atoms with Crippen molar-refractivity contribution < 1.29 is 40.4 Å². The topological polar surface area (TPSA) is 108 Å². The number of halogens is 3. The number of sulfonamides is 1. The second-order valence-electron chi connectivity index (χ2n) is 6.74. The summed E-state index contributed by atoms with van der Waals surface area (Å²) in [5.41, 5.74) is 0.199. The molecule has 33 heavy (non-hydrogen) atoms. The molecule has 0 atom stereocenters. The second kappa shape index (κ2) is 10.0. The molecular formula is C21H19F3N2O6S. The zero-order chi connectivity index (χ0) is 24.1. The number of ether oxygens (including phenoxy) is 2. The van der Waals surface area contributed by atoms with Gasteiger partial charge in [-0.2, -0.15) is 13.2 Å². The van der Waals surface area contributed by atoms with E-state index in [1.165, 1.54) is 0 Å². The molecule has 0 aliphatic carbocycles. The number of hydrogen-bond donors (Lipinski definition) is 1. The van der Waals surface area contributed by atoms with Gasteiger partial charge in [0.25, 0.3) is 0 Å². The summed E-state index contributed by atoms with van der Waals surface area (Å²) in [6.07, 6.45) is -5.01. The Kier molecular flexibility index (Phi) is 7.39. The molecule has 0 saturated heterocycles. The number of methoxy groups -OCH3 is 1. The summed E-state index contributed by atoms with van der Waals surface area (Å²) in [5, 5.41) is 3.89. The third-order valence-corrected chi connectivity index (χ3v) is 5.87. The fraction of sp³-hybridized carbons (Fsp3) is 0.238. The van der Waals surface area contributed by atoms with E-state index in [1.54, 1.807) is 37.4 Å². The molecule has 0 aliphatic rings. The molecule has 1 aromatic heterocycles. The molecule has 0 aliphatic heterocycles. The number of alkyl halides is 3. The average Bonchev–Trinajstić information content (AvgIpc) is 3.26. The fourth-order valence-corrected chi connectivity index (χ4v) is 3.79. The highest BCUT2D eigenvalue weighted by atomic mass is 32.2. The number of esters is 1. The van der Waals surface area contributed by atoms with Crippen LogP contribution in [0.15, 0.2) is 64.0 Å². The molecule has 3 aromatic rings. The van der Waals surface area contributed by atoms with Crippen LogP contribution in [0, 0.1) is 0 Å². The Hall–Kier alpha value is -3.38. The van der Waals surface area contributed by atoms with Gasteiger partial charge in [-0.3, -0.25) is 4.79 Å². The van der Waals surface area contributed by atoms with Gasteiger partial charge in [0, 0.05) is 18.2 Å². The lowest BCUT2D eigenvalue weighted by Crippen LogP contribution is -2.27. The predicted octanol–water partition coefficient (Wildman–Crippen LogP) is 3.78. The fourth-order valence-electron chi connectivity index (χ4n) is 2.71. The molecular weight excluding hydrogens is 465 g/mol. The minimum atomic E-state index is -4.68. The summed E-state index contributed by atoms with van der Waals surface area (Å²) < 4.78 is 80.0. The van der Waals surface area contributed by atoms with Crippen LogP contribution in [0.3, 0.4) is 0 Å². The lowest BCUT2D eigenvalue weighted by molar-refractivity contribution is -0.145. The average molecular weight is 484 g/mol. The van der Waals surface area contributed by atoms with Gasteiger partial charge in [0.2, 0.25) is 10.0 Å². The van der Waals surface area contributed by atoms with Crippen LogP contribution >= 0.6 is 0 Å². The minimum absolute atomic E-state index is 0.220. The number of rotatable bonds is 9. The highest BCUT2D eigenvalue weighted by Gasteiger charge is 2.31. The highest BCUT2D eigenvalue weighted by molar-refractivity contribution is 7.89. The number of benzene rings is 2. The molecule has 0 radical (unpaired) electrons. The lowest BCUT2D eigenvalue weighted by atomic mass is 10.1. The lowest BCUT2D eigenvalue weighted by Gasteiger charge is -2.10. The zero-order valence-corrected chi connectivity index (χ0v) is 18.1. The van der Waals surface area contributed by atoms with Crippen molar-refractivity contribution in [3.05, 3.63) is 65.9 Å². The Morgan fingerprint density at radius 3 is 2.52 bits per heavy atom. The number of carbonyl (C=O) groups is 1. The summed E-state index contributed by atoms with van der Waals surface area (Å²) in [6.45, 7) is -0.576. The van der Waals surface area contributed by atoms with Gasteiger partial charge >= 0.3 is 12.1 Å². The first kappa shape index (κ1) is 24.3. The minimum Gasteiger partial charge on any atom is -0.497 e. The summed E-state index contributed by atoms with van der Waals surface area (Å²) in [5.74, 6) is 0.225. The molecule has 12 heteroatoms. The maximum absolute atomic E-state index is 12.8. The molecule has 0 bridgehead atoms. The van der Waals surface area contributed by atoms with E-state index in [2.05, 4.69) is 9.88 Å². The Morgan fingerprint density at radius 1 is 1.12 bits per heavy atom. The summed E-state index contributed by atoms with van der Waals surface area (Å²) in [6, 6.07) is 12.0. The van der Waals surface area contributed by atoms with Gasteiger partial charge in [0.1, 0.15) is 11.4 Å².